The third kappa shape index (κ3) is 1.18. The van der Waals surface area contributed by atoms with Crippen LogP contribution in [-0.2, 0) is 14.4 Å². The summed E-state index contributed by atoms with van der Waals surface area (Å²) in [4.78, 5) is 26.3. The van der Waals surface area contributed by atoms with Crippen molar-refractivity contribution in [2.24, 2.45) is 11.7 Å². The number of carbonyl (C=O) groups excluding carboxylic acids is 1. The van der Waals surface area contributed by atoms with Gasteiger partial charge in [-0.2, -0.15) is 0 Å². The third-order valence-corrected chi connectivity index (χ3v) is 2.62. The molecule has 0 unspecified atom stereocenters. The highest BCUT2D eigenvalue weighted by Gasteiger charge is 2.62. The monoisotopic (exact) mass is 186 g/mol. The molecule has 6 heteroatoms. The van der Waals surface area contributed by atoms with Crippen molar-refractivity contribution in [2.75, 3.05) is 0 Å². The number of hydrogen-bond donors (Lipinski definition) is 3. The number of nitrogens with two attached hydrogens (primary N) is 1. The van der Waals surface area contributed by atoms with Gasteiger partial charge in [-0.05, 0) is 6.42 Å². The van der Waals surface area contributed by atoms with Crippen molar-refractivity contribution in [1.82, 2.24) is 5.48 Å². The van der Waals surface area contributed by atoms with Gasteiger partial charge in [-0.3, -0.25) is 14.4 Å². The Labute approximate surface area is 74.0 Å². The average molecular weight is 186 g/mol. The molecule has 0 spiro atoms. The molecule has 0 radical (unpaired) electrons. The van der Waals surface area contributed by atoms with E-state index in [1.165, 1.54) is 0 Å². The van der Waals surface area contributed by atoms with Crippen LogP contribution in [0.15, 0.2) is 0 Å². The van der Waals surface area contributed by atoms with Gasteiger partial charge in [0.25, 0.3) is 0 Å². The molecule has 1 amide bonds. The molecule has 2 rings (SSSR count). The van der Waals surface area contributed by atoms with E-state index in [0.717, 1.165) is 0 Å². The van der Waals surface area contributed by atoms with Crippen LogP contribution in [0.2, 0.25) is 0 Å². The normalized spacial score (nSPS) is 43.0. The fourth-order valence-corrected chi connectivity index (χ4v) is 1.65. The lowest BCUT2D eigenvalue weighted by Crippen LogP contribution is -2.38. The SMILES string of the molecule is N[C@]1(C(=O)O)C[C@H]1[C@@H]1CC(=O)NO1. The molecule has 0 aromatic rings. The summed E-state index contributed by atoms with van der Waals surface area (Å²) in [5.74, 6) is -1.49. The molecule has 1 saturated carbocycles. The van der Waals surface area contributed by atoms with Gasteiger partial charge in [0.2, 0.25) is 5.91 Å². The van der Waals surface area contributed by atoms with Gasteiger partial charge >= 0.3 is 5.97 Å². The van der Waals surface area contributed by atoms with Gasteiger partial charge in [-0.25, -0.2) is 5.48 Å². The molecule has 1 aliphatic carbocycles. The highest BCUT2D eigenvalue weighted by molar-refractivity contribution is 5.84. The van der Waals surface area contributed by atoms with Crippen LogP contribution < -0.4 is 11.2 Å². The van der Waals surface area contributed by atoms with E-state index in [-0.39, 0.29) is 24.3 Å². The van der Waals surface area contributed by atoms with E-state index >= 15 is 0 Å². The van der Waals surface area contributed by atoms with Crippen molar-refractivity contribution < 1.29 is 19.5 Å². The van der Waals surface area contributed by atoms with E-state index in [1.54, 1.807) is 0 Å². The second-order valence-corrected chi connectivity index (χ2v) is 3.54. The maximum absolute atomic E-state index is 10.7. The molecule has 1 heterocycles. The van der Waals surface area contributed by atoms with Crippen molar-refractivity contribution in [3.8, 4) is 0 Å². The molecule has 72 valence electrons. The molecule has 0 bridgehead atoms. The Bertz CT molecular complexity index is 280. The quantitative estimate of drug-likeness (QED) is 0.492. The second kappa shape index (κ2) is 2.43. The number of carboxylic acids is 1. The fraction of sp³-hybridized carbons (Fsp3) is 0.714. The van der Waals surface area contributed by atoms with Crippen LogP contribution in [-0.4, -0.2) is 28.6 Å². The maximum atomic E-state index is 10.7. The Morgan fingerprint density at radius 1 is 1.77 bits per heavy atom. The number of amides is 1. The highest BCUT2D eigenvalue weighted by Crippen LogP contribution is 2.46. The number of hydroxylamine groups is 1. The minimum Gasteiger partial charge on any atom is -0.480 e. The lowest BCUT2D eigenvalue weighted by molar-refractivity contribution is -0.140. The van der Waals surface area contributed by atoms with Gasteiger partial charge < -0.3 is 10.8 Å². The minimum absolute atomic E-state index is 0.205. The van der Waals surface area contributed by atoms with Gasteiger partial charge in [-0.15, -0.1) is 0 Å². The smallest absolute Gasteiger partial charge is 0.324 e. The molecular weight excluding hydrogens is 176 g/mol. The predicted octanol–water partition coefficient (Wildman–Crippen LogP) is -1.39. The number of carboxylic acid groups (broad SMARTS) is 1. The summed E-state index contributed by atoms with van der Waals surface area (Å²) < 4.78 is 0. The Kier molecular flexibility index (Phi) is 1.58. The van der Waals surface area contributed by atoms with Crippen LogP contribution in [0.5, 0.6) is 0 Å². The molecule has 0 aromatic heterocycles. The second-order valence-electron chi connectivity index (χ2n) is 3.54. The topological polar surface area (TPSA) is 102 Å². The third-order valence-electron chi connectivity index (χ3n) is 2.62. The Balaban J connectivity index is 1.99. The molecule has 4 N–H and O–H groups in total. The fourth-order valence-electron chi connectivity index (χ4n) is 1.65. The van der Waals surface area contributed by atoms with Crippen LogP contribution in [0.25, 0.3) is 0 Å². The summed E-state index contributed by atoms with van der Waals surface area (Å²) >= 11 is 0. The molecule has 1 aliphatic heterocycles. The zero-order valence-corrected chi connectivity index (χ0v) is 6.82. The first-order chi connectivity index (χ1) is 6.04. The first-order valence-electron chi connectivity index (χ1n) is 4.01. The first-order valence-corrected chi connectivity index (χ1v) is 4.01. The summed E-state index contributed by atoms with van der Waals surface area (Å²) in [6.45, 7) is 0. The van der Waals surface area contributed by atoms with Crippen LogP contribution in [0.4, 0.5) is 0 Å². The molecule has 2 aliphatic rings. The molecule has 0 aromatic carbocycles. The summed E-state index contributed by atoms with van der Waals surface area (Å²) in [6, 6.07) is 0. The summed E-state index contributed by atoms with van der Waals surface area (Å²) in [6.07, 6.45) is 0.201. The van der Waals surface area contributed by atoms with Gasteiger partial charge in [0.15, 0.2) is 0 Å². The minimum atomic E-state index is -1.18. The molecule has 1 saturated heterocycles. The van der Waals surface area contributed by atoms with Crippen LogP contribution in [0.3, 0.4) is 0 Å². The number of aliphatic carboxylic acids is 1. The van der Waals surface area contributed by atoms with Crippen molar-refractivity contribution in [3.63, 3.8) is 0 Å². The van der Waals surface area contributed by atoms with E-state index in [0.29, 0.717) is 6.42 Å². The van der Waals surface area contributed by atoms with E-state index in [9.17, 15) is 9.59 Å². The van der Waals surface area contributed by atoms with E-state index in [4.69, 9.17) is 15.7 Å². The maximum Gasteiger partial charge on any atom is 0.324 e. The predicted molar refractivity (Wildman–Crippen MR) is 40.3 cm³/mol. The lowest BCUT2D eigenvalue weighted by atomic mass is 10.1. The van der Waals surface area contributed by atoms with Crippen molar-refractivity contribution in [2.45, 2.75) is 24.5 Å². The molecule has 3 atom stereocenters. The van der Waals surface area contributed by atoms with Crippen LogP contribution >= 0.6 is 0 Å². The largest absolute Gasteiger partial charge is 0.480 e. The zero-order valence-electron chi connectivity index (χ0n) is 6.82. The van der Waals surface area contributed by atoms with Crippen molar-refractivity contribution in [3.05, 3.63) is 0 Å². The molecule has 6 nitrogen and oxygen atoms in total. The average Bonchev–Trinajstić information content (AvgIpc) is 2.55. The van der Waals surface area contributed by atoms with Gasteiger partial charge in [0, 0.05) is 5.92 Å². The first kappa shape index (κ1) is 8.46. The van der Waals surface area contributed by atoms with E-state index in [1.807, 2.05) is 0 Å². The van der Waals surface area contributed by atoms with Crippen LogP contribution in [0, 0.1) is 5.92 Å². The number of hydrogen-bond acceptors (Lipinski definition) is 4. The Hall–Kier alpha value is -1.14. The van der Waals surface area contributed by atoms with Gasteiger partial charge in [0.1, 0.15) is 5.54 Å². The molecule has 13 heavy (non-hydrogen) atoms. The number of rotatable bonds is 2. The standard InChI is InChI=1S/C7H10N2O4/c8-7(6(11)12)2-3(7)4-1-5(10)9-13-4/h3-4H,1-2,8H2,(H,9,10)(H,11,12)/t3-,4-,7+/m0/s1. The lowest BCUT2D eigenvalue weighted by Gasteiger charge is -2.08. The van der Waals surface area contributed by atoms with Crippen LogP contribution in [0.1, 0.15) is 12.8 Å². The summed E-state index contributed by atoms with van der Waals surface area (Å²) in [7, 11) is 0. The van der Waals surface area contributed by atoms with E-state index in [2.05, 4.69) is 5.48 Å². The van der Waals surface area contributed by atoms with Gasteiger partial charge in [0.05, 0.1) is 12.5 Å². The Morgan fingerprint density at radius 2 is 2.46 bits per heavy atom. The van der Waals surface area contributed by atoms with Crippen molar-refractivity contribution >= 4 is 11.9 Å². The van der Waals surface area contributed by atoms with Crippen molar-refractivity contribution in [1.29, 1.82) is 0 Å². The number of nitrogens with one attached hydrogen (secondary N) is 1. The Morgan fingerprint density at radius 3 is 2.85 bits per heavy atom. The van der Waals surface area contributed by atoms with E-state index < -0.39 is 11.5 Å². The highest BCUT2D eigenvalue weighted by atomic mass is 16.7. The summed E-state index contributed by atoms with van der Waals surface area (Å²) in [5.41, 5.74) is 6.54. The zero-order chi connectivity index (χ0) is 9.64. The molecule has 2 fully saturated rings. The van der Waals surface area contributed by atoms with Gasteiger partial charge in [-0.1, -0.05) is 0 Å². The molecular formula is C7H10N2O4. The summed E-state index contributed by atoms with van der Waals surface area (Å²) in [5, 5.41) is 8.72. The number of carbonyl (C=O) groups is 2.